The van der Waals surface area contributed by atoms with Gasteiger partial charge >= 0.3 is 0 Å². The monoisotopic (exact) mass is 446 g/mol. The van der Waals surface area contributed by atoms with Crippen molar-refractivity contribution in [1.82, 2.24) is 0 Å². The molecule has 2 amide bonds. The first-order valence-corrected chi connectivity index (χ1v) is 12.2. The fourth-order valence-electron chi connectivity index (χ4n) is 4.82. The molecule has 32 heavy (non-hydrogen) atoms. The van der Waals surface area contributed by atoms with Gasteiger partial charge in [0.2, 0.25) is 5.91 Å². The van der Waals surface area contributed by atoms with Crippen LogP contribution in [-0.4, -0.2) is 11.8 Å². The Morgan fingerprint density at radius 1 is 1.06 bits per heavy atom. The SMILES string of the molecule is CCCC1CCc2c(sc(NC(=O)CC(c3ccccc3)c3ccccc3)c2C(N)=O)C1. The molecule has 1 unspecified atom stereocenters. The lowest BCUT2D eigenvalue weighted by Gasteiger charge is -2.21. The Kier molecular flexibility index (Phi) is 7.05. The highest BCUT2D eigenvalue weighted by atomic mass is 32.1. The minimum absolute atomic E-state index is 0.0575. The van der Waals surface area contributed by atoms with Crippen molar-refractivity contribution in [3.8, 4) is 0 Å². The van der Waals surface area contributed by atoms with Gasteiger partial charge in [-0.25, -0.2) is 0 Å². The van der Waals surface area contributed by atoms with Crippen LogP contribution in [0.3, 0.4) is 0 Å². The molecule has 0 bridgehead atoms. The van der Waals surface area contributed by atoms with E-state index in [-0.39, 0.29) is 11.8 Å². The molecule has 3 N–H and O–H groups in total. The molecule has 1 aromatic heterocycles. The molecule has 1 aliphatic carbocycles. The Labute approximate surface area is 193 Å². The number of primary amides is 1. The predicted octanol–water partition coefficient (Wildman–Crippen LogP) is 5.91. The molecule has 1 atom stereocenters. The van der Waals surface area contributed by atoms with Crippen LogP contribution in [0.5, 0.6) is 0 Å². The van der Waals surface area contributed by atoms with E-state index < -0.39 is 5.91 Å². The standard InChI is InChI=1S/C27H30N2O2S/c1-2-9-18-14-15-21-23(16-18)32-27(25(21)26(28)31)29-24(30)17-22(19-10-5-3-6-11-19)20-12-7-4-8-13-20/h3-8,10-13,18,22H,2,9,14-17H2,1H3,(H2,28,31)(H,29,30). The lowest BCUT2D eigenvalue weighted by molar-refractivity contribution is -0.116. The van der Waals surface area contributed by atoms with E-state index in [0.717, 1.165) is 42.4 Å². The molecule has 1 aliphatic rings. The molecular formula is C27H30N2O2S. The first kappa shape index (κ1) is 22.3. The van der Waals surface area contributed by atoms with E-state index in [0.29, 0.717) is 22.9 Å². The van der Waals surface area contributed by atoms with Crippen molar-refractivity contribution < 1.29 is 9.59 Å². The number of nitrogens with two attached hydrogens (primary N) is 1. The van der Waals surface area contributed by atoms with Crippen molar-refractivity contribution >= 4 is 28.2 Å². The lowest BCUT2D eigenvalue weighted by Crippen LogP contribution is -2.21. The van der Waals surface area contributed by atoms with Gasteiger partial charge in [0.05, 0.1) is 5.56 Å². The van der Waals surface area contributed by atoms with Gasteiger partial charge in [-0.05, 0) is 41.9 Å². The molecule has 166 valence electrons. The van der Waals surface area contributed by atoms with Gasteiger partial charge in [0.1, 0.15) is 5.00 Å². The highest BCUT2D eigenvalue weighted by Gasteiger charge is 2.29. The van der Waals surface area contributed by atoms with Crippen LogP contribution in [0.15, 0.2) is 60.7 Å². The zero-order valence-electron chi connectivity index (χ0n) is 18.5. The van der Waals surface area contributed by atoms with Gasteiger partial charge in [0.15, 0.2) is 0 Å². The second-order valence-corrected chi connectivity index (χ2v) is 9.70. The Bertz CT molecular complexity index is 1040. The van der Waals surface area contributed by atoms with Gasteiger partial charge in [-0.1, -0.05) is 80.4 Å². The van der Waals surface area contributed by atoms with E-state index in [1.165, 1.54) is 22.6 Å². The fourth-order valence-corrected chi connectivity index (χ4v) is 6.20. The Hall–Kier alpha value is -2.92. The summed E-state index contributed by atoms with van der Waals surface area (Å²) in [4.78, 5) is 26.7. The van der Waals surface area contributed by atoms with Crippen molar-refractivity contribution in [3.05, 3.63) is 87.8 Å². The summed E-state index contributed by atoms with van der Waals surface area (Å²) in [5.41, 5.74) is 9.51. The molecule has 0 spiro atoms. The average molecular weight is 447 g/mol. The van der Waals surface area contributed by atoms with Crippen LogP contribution in [0, 0.1) is 5.92 Å². The third kappa shape index (κ3) is 4.94. The van der Waals surface area contributed by atoms with Crippen LogP contribution >= 0.6 is 11.3 Å². The first-order valence-electron chi connectivity index (χ1n) is 11.4. The van der Waals surface area contributed by atoms with E-state index in [1.807, 2.05) is 36.4 Å². The van der Waals surface area contributed by atoms with E-state index in [9.17, 15) is 9.59 Å². The van der Waals surface area contributed by atoms with Crippen molar-refractivity contribution in [2.75, 3.05) is 5.32 Å². The Morgan fingerprint density at radius 2 is 1.69 bits per heavy atom. The third-order valence-electron chi connectivity index (χ3n) is 6.36. The van der Waals surface area contributed by atoms with Crippen LogP contribution in [-0.2, 0) is 17.6 Å². The molecule has 1 heterocycles. The maximum Gasteiger partial charge on any atom is 0.251 e. The first-order chi connectivity index (χ1) is 15.6. The normalized spacial score (nSPS) is 15.4. The summed E-state index contributed by atoms with van der Waals surface area (Å²) in [5, 5.41) is 3.66. The number of thiophene rings is 1. The summed E-state index contributed by atoms with van der Waals surface area (Å²) >= 11 is 1.53. The topological polar surface area (TPSA) is 72.2 Å². The van der Waals surface area contributed by atoms with Gasteiger partial charge in [0.25, 0.3) is 5.91 Å². The highest BCUT2D eigenvalue weighted by Crippen LogP contribution is 2.41. The van der Waals surface area contributed by atoms with Gasteiger partial charge in [-0.15, -0.1) is 11.3 Å². The molecule has 0 saturated carbocycles. The molecule has 0 aliphatic heterocycles. The van der Waals surface area contributed by atoms with E-state index >= 15 is 0 Å². The largest absolute Gasteiger partial charge is 0.365 e. The summed E-state index contributed by atoms with van der Waals surface area (Å²) in [7, 11) is 0. The number of carbonyl (C=O) groups excluding carboxylic acids is 2. The molecule has 2 aromatic carbocycles. The molecule has 4 rings (SSSR count). The number of anilines is 1. The highest BCUT2D eigenvalue weighted by molar-refractivity contribution is 7.17. The zero-order chi connectivity index (χ0) is 22.5. The molecular weight excluding hydrogens is 416 g/mol. The summed E-state index contributed by atoms with van der Waals surface area (Å²) in [6.07, 6.45) is 5.57. The van der Waals surface area contributed by atoms with Crippen LogP contribution in [0.1, 0.15) is 70.5 Å². The fraction of sp³-hybridized carbons (Fsp3) is 0.333. The summed E-state index contributed by atoms with van der Waals surface area (Å²) in [6.45, 7) is 2.21. The molecule has 0 fully saturated rings. The number of benzene rings is 2. The van der Waals surface area contributed by atoms with Gasteiger partial charge in [-0.2, -0.15) is 0 Å². The van der Waals surface area contributed by atoms with Crippen molar-refractivity contribution in [2.24, 2.45) is 11.7 Å². The van der Waals surface area contributed by atoms with Gasteiger partial charge < -0.3 is 11.1 Å². The van der Waals surface area contributed by atoms with Crippen LogP contribution in [0.2, 0.25) is 0 Å². The summed E-state index contributed by atoms with van der Waals surface area (Å²) in [6, 6.07) is 20.1. The maximum atomic E-state index is 13.2. The second-order valence-electron chi connectivity index (χ2n) is 8.60. The van der Waals surface area contributed by atoms with Crippen LogP contribution in [0.25, 0.3) is 0 Å². The van der Waals surface area contributed by atoms with E-state index in [1.54, 1.807) is 0 Å². The van der Waals surface area contributed by atoms with E-state index in [2.05, 4.69) is 36.5 Å². The average Bonchev–Trinajstić information content (AvgIpc) is 3.16. The Morgan fingerprint density at radius 3 is 2.25 bits per heavy atom. The minimum Gasteiger partial charge on any atom is -0.365 e. The van der Waals surface area contributed by atoms with Crippen molar-refractivity contribution in [3.63, 3.8) is 0 Å². The summed E-state index contributed by atoms with van der Waals surface area (Å²) in [5.74, 6) is 0.0391. The molecule has 0 saturated heterocycles. The third-order valence-corrected chi connectivity index (χ3v) is 7.53. The van der Waals surface area contributed by atoms with E-state index in [4.69, 9.17) is 5.73 Å². The van der Waals surface area contributed by atoms with Crippen molar-refractivity contribution in [1.29, 1.82) is 0 Å². The molecule has 0 radical (unpaired) electrons. The number of nitrogens with one attached hydrogen (secondary N) is 1. The van der Waals surface area contributed by atoms with Crippen molar-refractivity contribution in [2.45, 2.75) is 51.4 Å². The van der Waals surface area contributed by atoms with Crippen LogP contribution in [0.4, 0.5) is 5.00 Å². The number of carbonyl (C=O) groups is 2. The second kappa shape index (κ2) is 10.1. The number of amides is 2. The van der Waals surface area contributed by atoms with Crippen LogP contribution < -0.4 is 11.1 Å². The minimum atomic E-state index is -0.450. The molecule has 3 aromatic rings. The zero-order valence-corrected chi connectivity index (χ0v) is 19.3. The quantitative estimate of drug-likeness (QED) is 0.451. The Balaban J connectivity index is 1.57. The number of fused-ring (bicyclic) bond motifs is 1. The number of hydrogen-bond donors (Lipinski definition) is 2. The van der Waals surface area contributed by atoms with Gasteiger partial charge in [-0.3, -0.25) is 9.59 Å². The number of hydrogen-bond acceptors (Lipinski definition) is 3. The maximum absolute atomic E-state index is 13.2. The van der Waals surface area contributed by atoms with Gasteiger partial charge in [0, 0.05) is 17.2 Å². The smallest absolute Gasteiger partial charge is 0.251 e. The summed E-state index contributed by atoms with van der Waals surface area (Å²) < 4.78 is 0. The molecule has 5 heteroatoms. The molecule has 4 nitrogen and oxygen atoms in total. The predicted molar refractivity (Wildman–Crippen MR) is 131 cm³/mol. The number of rotatable bonds is 8. The lowest BCUT2D eigenvalue weighted by atomic mass is 9.84.